The van der Waals surface area contributed by atoms with Gasteiger partial charge in [0, 0.05) is 24.7 Å². The number of benzene rings is 1. The van der Waals surface area contributed by atoms with Gasteiger partial charge in [0.2, 0.25) is 0 Å². The van der Waals surface area contributed by atoms with E-state index in [4.69, 9.17) is 21.1 Å². The summed E-state index contributed by atoms with van der Waals surface area (Å²) in [5, 5.41) is 4.08. The molecule has 4 heteroatoms. The zero-order valence-corrected chi connectivity index (χ0v) is 12.0. The van der Waals surface area contributed by atoms with Crippen LogP contribution in [-0.2, 0) is 16.1 Å². The van der Waals surface area contributed by atoms with Crippen LogP contribution in [0.2, 0.25) is 5.02 Å². The predicted octanol–water partition coefficient (Wildman–Crippen LogP) is 2.87. The van der Waals surface area contributed by atoms with Gasteiger partial charge in [-0.1, -0.05) is 43.6 Å². The summed E-state index contributed by atoms with van der Waals surface area (Å²) < 4.78 is 11.0. The molecule has 18 heavy (non-hydrogen) atoms. The average molecular weight is 272 g/mol. The standard InChI is InChI=1S/C14H22ClNO2/c1-11(2)16-8-13(10-17-3)18-9-12-6-4-5-7-14(12)15/h4-7,11,13,16H,8-10H2,1-3H3. The second kappa shape index (κ2) is 8.48. The van der Waals surface area contributed by atoms with E-state index in [1.165, 1.54) is 0 Å². The van der Waals surface area contributed by atoms with Gasteiger partial charge in [-0.3, -0.25) is 0 Å². The molecule has 0 aliphatic carbocycles. The smallest absolute Gasteiger partial charge is 0.0936 e. The first-order chi connectivity index (χ1) is 8.63. The number of methoxy groups -OCH3 is 1. The Morgan fingerprint density at radius 3 is 2.61 bits per heavy atom. The Bertz CT molecular complexity index is 344. The summed E-state index contributed by atoms with van der Waals surface area (Å²) in [4.78, 5) is 0. The SMILES string of the molecule is COCC(CNC(C)C)OCc1ccccc1Cl. The topological polar surface area (TPSA) is 30.5 Å². The van der Waals surface area contributed by atoms with Crippen LogP contribution in [-0.4, -0.2) is 32.4 Å². The monoisotopic (exact) mass is 271 g/mol. The lowest BCUT2D eigenvalue weighted by Gasteiger charge is -2.19. The molecule has 0 aliphatic heterocycles. The highest BCUT2D eigenvalue weighted by Gasteiger charge is 2.10. The summed E-state index contributed by atoms with van der Waals surface area (Å²) in [6.45, 7) is 6.07. The number of nitrogens with one attached hydrogen (secondary N) is 1. The minimum atomic E-state index is 0.0358. The Hall–Kier alpha value is -0.610. The van der Waals surface area contributed by atoms with Crippen molar-refractivity contribution in [2.45, 2.75) is 32.6 Å². The normalized spacial score (nSPS) is 12.9. The quantitative estimate of drug-likeness (QED) is 0.789. The van der Waals surface area contributed by atoms with Gasteiger partial charge in [0.1, 0.15) is 0 Å². The van der Waals surface area contributed by atoms with E-state index in [9.17, 15) is 0 Å². The van der Waals surface area contributed by atoms with Crippen LogP contribution in [0.3, 0.4) is 0 Å². The lowest BCUT2D eigenvalue weighted by atomic mass is 10.2. The third-order valence-corrected chi connectivity index (χ3v) is 2.91. The first-order valence-electron chi connectivity index (χ1n) is 6.20. The molecule has 1 rings (SSSR count). The lowest BCUT2D eigenvalue weighted by molar-refractivity contribution is -0.0109. The van der Waals surface area contributed by atoms with Crippen molar-refractivity contribution in [3.8, 4) is 0 Å². The fraction of sp³-hybridized carbons (Fsp3) is 0.571. The lowest BCUT2D eigenvalue weighted by Crippen LogP contribution is -2.36. The maximum atomic E-state index is 6.09. The van der Waals surface area contributed by atoms with Gasteiger partial charge >= 0.3 is 0 Å². The summed E-state index contributed by atoms with van der Waals surface area (Å²) in [7, 11) is 1.68. The number of ether oxygens (including phenoxy) is 2. The van der Waals surface area contributed by atoms with Crippen LogP contribution in [0.4, 0.5) is 0 Å². The van der Waals surface area contributed by atoms with Gasteiger partial charge in [0.15, 0.2) is 0 Å². The molecule has 0 aliphatic rings. The van der Waals surface area contributed by atoms with E-state index < -0.39 is 0 Å². The van der Waals surface area contributed by atoms with E-state index in [2.05, 4.69) is 19.2 Å². The van der Waals surface area contributed by atoms with Crippen LogP contribution in [0.15, 0.2) is 24.3 Å². The summed E-state index contributed by atoms with van der Waals surface area (Å²) in [5.41, 5.74) is 1.00. The molecule has 0 amide bonds. The zero-order chi connectivity index (χ0) is 13.4. The van der Waals surface area contributed by atoms with Crippen molar-refractivity contribution in [1.82, 2.24) is 5.32 Å². The molecule has 0 radical (unpaired) electrons. The minimum Gasteiger partial charge on any atom is -0.382 e. The molecule has 1 atom stereocenters. The van der Waals surface area contributed by atoms with Crippen LogP contribution in [0, 0.1) is 0 Å². The van der Waals surface area contributed by atoms with Crippen LogP contribution in [0.1, 0.15) is 19.4 Å². The van der Waals surface area contributed by atoms with Crippen molar-refractivity contribution in [2.24, 2.45) is 0 Å². The van der Waals surface area contributed by atoms with Gasteiger partial charge in [0.25, 0.3) is 0 Å². The maximum absolute atomic E-state index is 6.09. The first-order valence-corrected chi connectivity index (χ1v) is 6.58. The molecule has 0 heterocycles. The number of hydrogen-bond donors (Lipinski definition) is 1. The van der Waals surface area contributed by atoms with E-state index >= 15 is 0 Å². The van der Waals surface area contributed by atoms with Crippen molar-refractivity contribution < 1.29 is 9.47 Å². The molecule has 3 nitrogen and oxygen atoms in total. The maximum Gasteiger partial charge on any atom is 0.0936 e. The van der Waals surface area contributed by atoms with Crippen LogP contribution < -0.4 is 5.32 Å². The molecule has 0 fully saturated rings. The molecule has 1 unspecified atom stereocenters. The molecule has 0 saturated carbocycles. The van der Waals surface area contributed by atoms with Gasteiger partial charge < -0.3 is 14.8 Å². The Morgan fingerprint density at radius 1 is 1.28 bits per heavy atom. The fourth-order valence-electron chi connectivity index (χ4n) is 1.54. The molecule has 1 aromatic carbocycles. The number of halogens is 1. The highest BCUT2D eigenvalue weighted by Crippen LogP contribution is 2.16. The fourth-order valence-corrected chi connectivity index (χ4v) is 1.73. The summed E-state index contributed by atoms with van der Waals surface area (Å²) >= 11 is 6.09. The van der Waals surface area contributed by atoms with E-state index in [1.807, 2.05) is 24.3 Å². The van der Waals surface area contributed by atoms with E-state index in [-0.39, 0.29) is 6.10 Å². The van der Waals surface area contributed by atoms with Crippen molar-refractivity contribution in [1.29, 1.82) is 0 Å². The molecular formula is C14H22ClNO2. The molecule has 1 aromatic rings. The second-order valence-electron chi connectivity index (χ2n) is 4.54. The highest BCUT2D eigenvalue weighted by molar-refractivity contribution is 6.31. The van der Waals surface area contributed by atoms with E-state index in [1.54, 1.807) is 7.11 Å². The molecular weight excluding hydrogens is 250 g/mol. The van der Waals surface area contributed by atoms with Crippen molar-refractivity contribution >= 4 is 11.6 Å². The van der Waals surface area contributed by atoms with E-state index in [0.29, 0.717) is 19.3 Å². The Kier molecular flexibility index (Phi) is 7.28. The van der Waals surface area contributed by atoms with Crippen LogP contribution >= 0.6 is 11.6 Å². The Labute approximate surface area is 114 Å². The average Bonchev–Trinajstić information content (AvgIpc) is 2.34. The van der Waals surface area contributed by atoms with Gasteiger partial charge in [-0.15, -0.1) is 0 Å². The van der Waals surface area contributed by atoms with Crippen molar-refractivity contribution in [2.75, 3.05) is 20.3 Å². The van der Waals surface area contributed by atoms with E-state index in [0.717, 1.165) is 17.1 Å². The molecule has 0 spiro atoms. The van der Waals surface area contributed by atoms with Crippen LogP contribution in [0.5, 0.6) is 0 Å². The molecule has 0 saturated heterocycles. The minimum absolute atomic E-state index is 0.0358. The Morgan fingerprint density at radius 2 is 2.00 bits per heavy atom. The van der Waals surface area contributed by atoms with Gasteiger partial charge in [-0.05, 0) is 11.6 Å². The number of rotatable bonds is 8. The molecule has 1 N–H and O–H groups in total. The number of hydrogen-bond acceptors (Lipinski definition) is 3. The second-order valence-corrected chi connectivity index (χ2v) is 4.95. The summed E-state index contributed by atoms with van der Waals surface area (Å²) in [6.07, 6.45) is 0.0358. The first kappa shape index (κ1) is 15.4. The van der Waals surface area contributed by atoms with Gasteiger partial charge in [-0.2, -0.15) is 0 Å². The third kappa shape index (κ3) is 5.83. The predicted molar refractivity (Wildman–Crippen MR) is 75.0 cm³/mol. The molecule has 0 bridgehead atoms. The highest BCUT2D eigenvalue weighted by atomic mass is 35.5. The van der Waals surface area contributed by atoms with Crippen molar-refractivity contribution in [3.63, 3.8) is 0 Å². The van der Waals surface area contributed by atoms with Crippen LogP contribution in [0.25, 0.3) is 0 Å². The zero-order valence-electron chi connectivity index (χ0n) is 11.3. The van der Waals surface area contributed by atoms with Gasteiger partial charge in [0.05, 0.1) is 19.3 Å². The molecule has 0 aromatic heterocycles. The largest absolute Gasteiger partial charge is 0.382 e. The molecule has 102 valence electrons. The third-order valence-electron chi connectivity index (χ3n) is 2.54. The van der Waals surface area contributed by atoms with Crippen molar-refractivity contribution in [3.05, 3.63) is 34.9 Å². The summed E-state index contributed by atoms with van der Waals surface area (Å²) in [5.74, 6) is 0. The van der Waals surface area contributed by atoms with Gasteiger partial charge in [-0.25, -0.2) is 0 Å². The summed E-state index contributed by atoms with van der Waals surface area (Å²) in [6, 6.07) is 8.16. The Balaban J connectivity index is 2.44.